The zero-order chi connectivity index (χ0) is 41.5. The molecule has 0 spiro atoms. The molecule has 294 valence electrons. The van der Waals surface area contributed by atoms with Gasteiger partial charge in [0.2, 0.25) is 5.95 Å². The molecule has 4 heterocycles. The average molecular weight is 789 g/mol. The second-order valence-electron chi connectivity index (χ2n) is 14.9. The summed E-state index contributed by atoms with van der Waals surface area (Å²) in [7, 11) is 0. The van der Waals surface area contributed by atoms with E-state index in [0.717, 1.165) is 16.8 Å². The van der Waals surface area contributed by atoms with Crippen LogP contribution in [-0.4, -0.2) is 28.8 Å². The molecule has 0 unspecified atom stereocenters. The number of fused-ring (bicyclic) bond motifs is 5. The van der Waals surface area contributed by atoms with Crippen LogP contribution in [0.2, 0.25) is 0 Å². The Labute approximate surface area is 359 Å². The van der Waals surface area contributed by atoms with Crippen LogP contribution in [0.25, 0.3) is 50.6 Å². The van der Waals surface area contributed by atoms with Gasteiger partial charge in [0.15, 0.2) is 11.6 Å². The molecule has 1 aliphatic carbocycles. The smallest absolute Gasteiger partial charge is 0.409 e. The fourth-order valence-electron chi connectivity index (χ4n) is 8.53. The summed E-state index contributed by atoms with van der Waals surface area (Å²) in [5.74, 6) is 4.33. The molecular formula is C53H46B2N6. The maximum absolute atomic E-state index is 4.88. The lowest BCUT2D eigenvalue weighted by Crippen LogP contribution is -2.51. The van der Waals surface area contributed by atoms with Gasteiger partial charge in [0.05, 0.1) is 0 Å². The Bertz CT molecular complexity index is 2780. The maximum atomic E-state index is 4.88. The molecule has 0 saturated heterocycles. The number of hydrogen-bond acceptors (Lipinski definition) is 6. The quantitative estimate of drug-likeness (QED) is 0.110. The van der Waals surface area contributed by atoms with Gasteiger partial charge in [0, 0.05) is 39.5 Å². The van der Waals surface area contributed by atoms with E-state index in [2.05, 4.69) is 149 Å². The third-order valence-corrected chi connectivity index (χ3v) is 11.2. The molecule has 61 heavy (non-hydrogen) atoms. The van der Waals surface area contributed by atoms with E-state index in [1.54, 1.807) is 0 Å². The first kappa shape index (κ1) is 39.0. The Morgan fingerprint density at radius 2 is 1.08 bits per heavy atom. The second-order valence-corrected chi connectivity index (χ2v) is 14.9. The predicted molar refractivity (Wildman–Crippen MR) is 260 cm³/mol. The summed E-state index contributed by atoms with van der Waals surface area (Å²) >= 11 is 0. The van der Waals surface area contributed by atoms with Crippen LogP contribution >= 0.6 is 0 Å². The van der Waals surface area contributed by atoms with E-state index in [0.29, 0.717) is 17.6 Å². The van der Waals surface area contributed by atoms with Gasteiger partial charge >= 0.3 is 13.8 Å². The molecule has 0 radical (unpaired) electrons. The Morgan fingerprint density at radius 1 is 0.541 bits per heavy atom. The molecule has 6 nitrogen and oxygen atoms in total. The van der Waals surface area contributed by atoms with Crippen molar-refractivity contribution in [2.24, 2.45) is 0 Å². The molecule has 0 bridgehead atoms. The van der Waals surface area contributed by atoms with Gasteiger partial charge in [0.25, 0.3) is 0 Å². The van der Waals surface area contributed by atoms with Gasteiger partial charge in [-0.05, 0) is 57.8 Å². The van der Waals surface area contributed by atoms with Gasteiger partial charge in [-0.3, -0.25) is 0 Å². The largest absolute Gasteiger partial charge is 0.420 e. The van der Waals surface area contributed by atoms with E-state index >= 15 is 0 Å². The summed E-state index contributed by atoms with van der Waals surface area (Å²) < 4.78 is 0. The van der Waals surface area contributed by atoms with Gasteiger partial charge in [-0.15, -0.1) is 0 Å². The SMILES string of the molecule is C/C=C\C=C/C1=CB2Nc3ccccc3-c3cccc1c32.C1=CC(c2cccc3c2B(Nc2nc(-c4ccccc4)nc(-c4ccccc4)n2)Nc2ccccc2-3)C=C1.CC. The number of benzene rings is 6. The maximum Gasteiger partial charge on any atom is 0.409 e. The number of hydrogen-bond donors (Lipinski definition) is 3. The van der Waals surface area contributed by atoms with Crippen molar-refractivity contribution in [3.63, 3.8) is 0 Å². The van der Waals surface area contributed by atoms with Crippen molar-refractivity contribution in [1.29, 1.82) is 0 Å². The lowest BCUT2D eigenvalue weighted by Gasteiger charge is -2.30. The van der Waals surface area contributed by atoms with E-state index in [1.165, 1.54) is 55.6 Å². The Morgan fingerprint density at radius 3 is 1.72 bits per heavy atom. The average Bonchev–Trinajstić information content (AvgIpc) is 4.00. The summed E-state index contributed by atoms with van der Waals surface area (Å²) in [4.78, 5) is 14.6. The standard InChI is InChI=1S/C32H24BN5.C19H16BN.C2H6/c1-3-14-23(15-4-1)30-34-31(24-16-5-2-6-17-24)36-32(35-30)38-33-29-25(22-12-7-8-13-22)19-11-20-27(29)26-18-9-10-21-28(26)37-33;1-2-3-4-8-14-13-20-19-15(14)10-7-11-17(19)16-9-5-6-12-18(16)21-20;1-2/h1-22,37H,(H,34,35,36,38);2-13,21H,1H3;1-2H3/b;3-2-,8-4-;. The summed E-state index contributed by atoms with van der Waals surface area (Å²) in [6.07, 6.45) is 17.1. The molecule has 0 saturated carbocycles. The van der Waals surface area contributed by atoms with Crippen molar-refractivity contribution in [2.45, 2.75) is 26.7 Å². The molecule has 0 amide bonds. The highest BCUT2D eigenvalue weighted by Gasteiger charge is 2.35. The van der Waals surface area contributed by atoms with Crippen LogP contribution in [0, 0.1) is 0 Å². The van der Waals surface area contributed by atoms with Crippen molar-refractivity contribution in [1.82, 2.24) is 15.0 Å². The minimum atomic E-state index is -0.229. The molecule has 1 aromatic heterocycles. The van der Waals surface area contributed by atoms with Crippen molar-refractivity contribution in [2.75, 3.05) is 15.7 Å². The molecule has 3 aliphatic heterocycles. The van der Waals surface area contributed by atoms with Crippen LogP contribution in [0.3, 0.4) is 0 Å². The fraction of sp³-hybridized carbons (Fsp3) is 0.0755. The lowest BCUT2D eigenvalue weighted by molar-refractivity contribution is 1.08. The van der Waals surface area contributed by atoms with E-state index in [1.807, 2.05) is 87.5 Å². The monoisotopic (exact) mass is 788 g/mol. The van der Waals surface area contributed by atoms with Crippen LogP contribution in [0.15, 0.2) is 200 Å². The van der Waals surface area contributed by atoms with Gasteiger partial charge in [0.1, 0.15) is 0 Å². The lowest BCUT2D eigenvalue weighted by atomic mass is 9.54. The van der Waals surface area contributed by atoms with Crippen molar-refractivity contribution in [3.8, 4) is 45.0 Å². The third kappa shape index (κ3) is 7.88. The molecular weight excluding hydrogens is 742 g/mol. The molecule has 3 N–H and O–H groups in total. The molecule has 8 heteroatoms. The Kier molecular flexibility index (Phi) is 11.4. The molecule has 11 rings (SSSR count). The summed E-state index contributed by atoms with van der Waals surface area (Å²) in [6, 6.07) is 50.3. The highest BCUT2D eigenvalue weighted by Crippen LogP contribution is 2.37. The highest BCUT2D eigenvalue weighted by atomic mass is 15.2. The number of allylic oxidation sites excluding steroid dienone is 9. The second kappa shape index (κ2) is 17.8. The minimum absolute atomic E-state index is 0.222. The van der Waals surface area contributed by atoms with Crippen LogP contribution in [0.1, 0.15) is 37.8 Å². The number of nitrogens with one attached hydrogen (secondary N) is 3. The molecule has 4 aliphatic rings. The van der Waals surface area contributed by atoms with E-state index in [-0.39, 0.29) is 19.7 Å². The number of para-hydroxylation sites is 2. The summed E-state index contributed by atoms with van der Waals surface area (Å²) in [6.45, 7) is 6.10. The summed E-state index contributed by atoms with van der Waals surface area (Å²) in [5, 5.41) is 11.0. The Balaban J connectivity index is 0.000000175. The minimum Gasteiger partial charge on any atom is -0.420 e. The zero-order valence-corrected chi connectivity index (χ0v) is 34.6. The van der Waals surface area contributed by atoms with Crippen molar-refractivity contribution in [3.05, 3.63) is 211 Å². The number of anilines is 3. The van der Waals surface area contributed by atoms with Crippen LogP contribution in [-0.2, 0) is 0 Å². The first-order chi connectivity index (χ1) is 30.2. The van der Waals surface area contributed by atoms with Crippen molar-refractivity contribution < 1.29 is 0 Å². The highest BCUT2D eigenvalue weighted by molar-refractivity contribution is 6.86. The van der Waals surface area contributed by atoms with Crippen LogP contribution in [0.4, 0.5) is 17.3 Å². The molecule has 0 atom stereocenters. The van der Waals surface area contributed by atoms with Crippen LogP contribution in [0.5, 0.6) is 0 Å². The topological polar surface area (TPSA) is 74.8 Å². The van der Waals surface area contributed by atoms with E-state index in [9.17, 15) is 0 Å². The summed E-state index contributed by atoms with van der Waals surface area (Å²) in [5.41, 5.74) is 15.8. The van der Waals surface area contributed by atoms with E-state index in [4.69, 9.17) is 15.0 Å². The van der Waals surface area contributed by atoms with Gasteiger partial charge in [-0.2, -0.15) is 9.97 Å². The molecule has 7 aromatic rings. The van der Waals surface area contributed by atoms with Crippen molar-refractivity contribution >= 4 is 47.7 Å². The van der Waals surface area contributed by atoms with E-state index < -0.39 is 0 Å². The third-order valence-electron chi connectivity index (χ3n) is 11.2. The zero-order valence-electron chi connectivity index (χ0n) is 34.6. The number of rotatable bonds is 7. The molecule has 0 fully saturated rings. The first-order valence-corrected chi connectivity index (χ1v) is 21.2. The molecule has 6 aromatic carbocycles. The Hall–Kier alpha value is -7.44. The first-order valence-electron chi connectivity index (χ1n) is 21.2. The predicted octanol–water partition coefficient (Wildman–Crippen LogP) is 11.4. The number of aromatic nitrogens is 3. The normalized spacial score (nSPS) is 13.8. The van der Waals surface area contributed by atoms with Gasteiger partial charge in [-0.1, -0.05) is 202 Å². The van der Waals surface area contributed by atoms with Gasteiger partial charge < -0.3 is 15.7 Å². The number of nitrogens with zero attached hydrogens (tertiary/aromatic N) is 3. The van der Waals surface area contributed by atoms with Crippen LogP contribution < -0.4 is 26.6 Å². The van der Waals surface area contributed by atoms with Gasteiger partial charge in [-0.25, -0.2) is 4.98 Å². The fourth-order valence-corrected chi connectivity index (χ4v) is 8.53.